The summed E-state index contributed by atoms with van der Waals surface area (Å²) in [5, 5.41) is 15.5. The third-order valence-electron chi connectivity index (χ3n) is 3.26. The van der Waals surface area contributed by atoms with Crippen molar-refractivity contribution in [1.82, 2.24) is 5.43 Å². The third kappa shape index (κ3) is 4.14. The average molecular weight is 332 g/mol. The van der Waals surface area contributed by atoms with Gasteiger partial charge >= 0.3 is 0 Å². The van der Waals surface area contributed by atoms with Crippen LogP contribution in [-0.4, -0.2) is 16.5 Å². The van der Waals surface area contributed by atoms with Crippen LogP contribution in [0.25, 0.3) is 0 Å². The first-order chi connectivity index (χ1) is 10.9. The summed E-state index contributed by atoms with van der Waals surface area (Å²) >= 11 is 5.76. The van der Waals surface area contributed by atoms with Crippen LogP contribution in [-0.2, 0) is 0 Å². The first kappa shape index (κ1) is 16.6. The Morgan fingerprint density at radius 2 is 1.78 bits per heavy atom. The molecule has 0 bridgehead atoms. The van der Waals surface area contributed by atoms with Crippen LogP contribution >= 0.6 is 11.6 Å². The maximum atomic E-state index is 12.0. The molecule has 0 aliphatic heterocycles. The van der Waals surface area contributed by atoms with Crippen LogP contribution in [0, 0.1) is 17.0 Å². The van der Waals surface area contributed by atoms with Crippen molar-refractivity contribution in [3.63, 3.8) is 0 Å². The van der Waals surface area contributed by atoms with Crippen LogP contribution in [0.3, 0.4) is 0 Å². The highest BCUT2D eigenvalue weighted by Crippen LogP contribution is 2.19. The standard InChI is InChI=1S/C16H14ClN3O3/c1-10-3-4-13(9-15(10)20(22)23)11(2)18-19-16(21)12-5-7-14(17)8-6-12/h3-9H,1-2H3,(H,19,21). The fourth-order valence-corrected chi connectivity index (χ4v) is 2.02. The summed E-state index contributed by atoms with van der Waals surface area (Å²) in [6.45, 7) is 3.33. The number of rotatable bonds is 4. The van der Waals surface area contributed by atoms with Gasteiger partial charge in [-0.3, -0.25) is 14.9 Å². The van der Waals surface area contributed by atoms with Gasteiger partial charge in [0.25, 0.3) is 11.6 Å². The van der Waals surface area contributed by atoms with E-state index in [-0.39, 0.29) is 11.6 Å². The maximum Gasteiger partial charge on any atom is 0.272 e. The molecule has 0 aromatic heterocycles. The van der Waals surface area contributed by atoms with E-state index in [1.165, 1.54) is 6.07 Å². The van der Waals surface area contributed by atoms with Crippen LogP contribution in [0.2, 0.25) is 5.02 Å². The number of halogens is 1. The van der Waals surface area contributed by atoms with Crippen molar-refractivity contribution < 1.29 is 9.72 Å². The van der Waals surface area contributed by atoms with E-state index in [9.17, 15) is 14.9 Å². The molecule has 0 saturated heterocycles. The Morgan fingerprint density at radius 1 is 1.17 bits per heavy atom. The molecule has 0 saturated carbocycles. The first-order valence-corrected chi connectivity index (χ1v) is 7.12. The fraction of sp³-hybridized carbons (Fsp3) is 0.125. The molecule has 0 unspecified atom stereocenters. The van der Waals surface area contributed by atoms with Gasteiger partial charge in [0, 0.05) is 27.8 Å². The molecule has 1 N–H and O–H groups in total. The van der Waals surface area contributed by atoms with Crippen molar-refractivity contribution in [1.29, 1.82) is 0 Å². The van der Waals surface area contributed by atoms with Gasteiger partial charge in [0.1, 0.15) is 0 Å². The third-order valence-corrected chi connectivity index (χ3v) is 3.51. The van der Waals surface area contributed by atoms with Crippen molar-refractivity contribution in [2.45, 2.75) is 13.8 Å². The quantitative estimate of drug-likeness (QED) is 0.526. The van der Waals surface area contributed by atoms with Gasteiger partial charge in [-0.2, -0.15) is 5.10 Å². The van der Waals surface area contributed by atoms with Gasteiger partial charge in [-0.05, 0) is 38.1 Å². The summed E-state index contributed by atoms with van der Waals surface area (Å²) in [5.41, 5.74) is 4.45. The molecule has 118 valence electrons. The Labute approximate surface area is 137 Å². The average Bonchev–Trinajstić information content (AvgIpc) is 2.53. The predicted octanol–water partition coefficient (Wildman–Crippen LogP) is 3.71. The van der Waals surface area contributed by atoms with Gasteiger partial charge in [-0.15, -0.1) is 0 Å². The normalized spacial score (nSPS) is 11.2. The lowest BCUT2D eigenvalue weighted by Gasteiger charge is -2.04. The zero-order chi connectivity index (χ0) is 17.0. The fourth-order valence-electron chi connectivity index (χ4n) is 1.90. The van der Waals surface area contributed by atoms with Crippen LogP contribution < -0.4 is 5.43 Å². The SMILES string of the molecule is CC(=NNC(=O)c1ccc(Cl)cc1)c1ccc(C)c([N+](=O)[O-])c1. The molecule has 2 rings (SSSR count). The number of nitrogens with zero attached hydrogens (tertiary/aromatic N) is 2. The lowest BCUT2D eigenvalue weighted by Crippen LogP contribution is -2.19. The largest absolute Gasteiger partial charge is 0.272 e. The highest BCUT2D eigenvalue weighted by molar-refractivity contribution is 6.30. The van der Waals surface area contributed by atoms with E-state index in [2.05, 4.69) is 10.5 Å². The Balaban J connectivity index is 2.16. The van der Waals surface area contributed by atoms with Gasteiger partial charge in [-0.1, -0.05) is 23.7 Å². The molecule has 7 heteroatoms. The molecule has 0 aliphatic carbocycles. The van der Waals surface area contributed by atoms with E-state index in [1.807, 2.05) is 0 Å². The molecule has 2 aromatic carbocycles. The highest BCUT2D eigenvalue weighted by atomic mass is 35.5. The van der Waals surface area contributed by atoms with Gasteiger partial charge in [0.05, 0.1) is 10.6 Å². The summed E-state index contributed by atoms with van der Waals surface area (Å²) in [5.74, 6) is -0.386. The number of nitro benzene ring substituents is 1. The highest BCUT2D eigenvalue weighted by Gasteiger charge is 2.12. The zero-order valence-corrected chi connectivity index (χ0v) is 13.3. The number of carbonyl (C=O) groups is 1. The summed E-state index contributed by atoms with van der Waals surface area (Å²) in [4.78, 5) is 22.5. The van der Waals surface area contributed by atoms with E-state index in [4.69, 9.17) is 11.6 Å². The molecule has 0 atom stereocenters. The second-order valence-corrected chi connectivity index (χ2v) is 5.34. The minimum Gasteiger partial charge on any atom is -0.267 e. The molecular formula is C16H14ClN3O3. The van der Waals surface area contributed by atoms with Crippen molar-refractivity contribution in [3.05, 3.63) is 74.3 Å². The predicted molar refractivity (Wildman–Crippen MR) is 89.0 cm³/mol. The van der Waals surface area contributed by atoms with Gasteiger partial charge in [0.15, 0.2) is 0 Å². The molecule has 0 spiro atoms. The van der Waals surface area contributed by atoms with E-state index in [1.54, 1.807) is 50.2 Å². The second kappa shape index (κ2) is 7.02. The van der Waals surface area contributed by atoms with E-state index < -0.39 is 4.92 Å². The Hall–Kier alpha value is -2.73. The summed E-state index contributed by atoms with van der Waals surface area (Å²) < 4.78 is 0. The van der Waals surface area contributed by atoms with Crippen LogP contribution in [0.1, 0.15) is 28.4 Å². The lowest BCUT2D eigenvalue weighted by atomic mass is 10.1. The number of amides is 1. The monoisotopic (exact) mass is 331 g/mol. The van der Waals surface area contributed by atoms with Crippen LogP contribution in [0.4, 0.5) is 5.69 Å². The molecule has 2 aromatic rings. The number of nitrogens with one attached hydrogen (secondary N) is 1. The first-order valence-electron chi connectivity index (χ1n) is 6.74. The van der Waals surface area contributed by atoms with E-state index >= 15 is 0 Å². The molecule has 6 nitrogen and oxygen atoms in total. The van der Waals surface area contributed by atoms with Crippen molar-refractivity contribution >= 4 is 28.9 Å². The number of benzene rings is 2. The minimum atomic E-state index is -0.446. The molecule has 0 radical (unpaired) electrons. The van der Waals surface area contributed by atoms with Gasteiger partial charge in [0.2, 0.25) is 0 Å². The van der Waals surface area contributed by atoms with Crippen molar-refractivity contribution in [3.8, 4) is 0 Å². The lowest BCUT2D eigenvalue weighted by molar-refractivity contribution is -0.385. The number of carbonyl (C=O) groups excluding carboxylic acids is 1. The molecular weight excluding hydrogens is 318 g/mol. The topological polar surface area (TPSA) is 84.6 Å². The maximum absolute atomic E-state index is 12.0. The number of nitro groups is 1. The molecule has 1 amide bonds. The smallest absolute Gasteiger partial charge is 0.267 e. The number of aryl methyl sites for hydroxylation is 1. The molecule has 0 aliphatic rings. The van der Waals surface area contributed by atoms with E-state index in [0.717, 1.165) is 0 Å². The van der Waals surface area contributed by atoms with E-state index in [0.29, 0.717) is 27.4 Å². The second-order valence-electron chi connectivity index (χ2n) is 4.90. The number of hydrogen-bond donors (Lipinski definition) is 1. The van der Waals surface area contributed by atoms with Gasteiger partial charge in [-0.25, -0.2) is 5.43 Å². The Kier molecular flexibility index (Phi) is 5.08. The molecule has 23 heavy (non-hydrogen) atoms. The molecule has 0 fully saturated rings. The van der Waals surface area contributed by atoms with Crippen molar-refractivity contribution in [2.24, 2.45) is 5.10 Å². The number of hydrazone groups is 1. The van der Waals surface area contributed by atoms with Crippen LogP contribution in [0.15, 0.2) is 47.6 Å². The minimum absolute atomic E-state index is 0.0149. The van der Waals surface area contributed by atoms with Crippen LogP contribution in [0.5, 0.6) is 0 Å². The summed E-state index contributed by atoms with van der Waals surface area (Å²) in [7, 11) is 0. The summed E-state index contributed by atoms with van der Waals surface area (Å²) in [6.07, 6.45) is 0. The van der Waals surface area contributed by atoms with Gasteiger partial charge < -0.3 is 0 Å². The Morgan fingerprint density at radius 3 is 2.39 bits per heavy atom. The number of hydrogen-bond acceptors (Lipinski definition) is 4. The molecule has 0 heterocycles. The zero-order valence-electron chi connectivity index (χ0n) is 12.5. The summed E-state index contributed by atoms with van der Waals surface area (Å²) in [6, 6.07) is 11.2. The Bertz CT molecular complexity index is 786. The van der Waals surface area contributed by atoms with Crippen molar-refractivity contribution in [2.75, 3.05) is 0 Å².